The number of anilines is 1. The summed E-state index contributed by atoms with van der Waals surface area (Å²) in [5.74, 6) is -8.71. The molecule has 1 aromatic carbocycles. The Kier molecular flexibility index (Phi) is 9.09. The summed E-state index contributed by atoms with van der Waals surface area (Å²) in [7, 11) is 0. The van der Waals surface area contributed by atoms with Gasteiger partial charge in [-0.3, -0.25) is 23.7 Å². The molecule has 0 aliphatic heterocycles. The molecule has 0 aliphatic rings. The number of amides is 3. The van der Waals surface area contributed by atoms with E-state index in [1.807, 2.05) is 0 Å². The maximum absolute atomic E-state index is 16.1. The SMILES string of the molecule is CCCNC(=O)C(F)(F)C(O)(C(NC(C)=O)C(C)C)n1c(-c2ccccc2)ccc(NC(C)=O)c1=O. The number of hydrogen-bond donors (Lipinski definition) is 4. The summed E-state index contributed by atoms with van der Waals surface area (Å²) in [6.45, 7) is 6.66. The Balaban J connectivity index is 3.06. The lowest BCUT2D eigenvalue weighted by atomic mass is 9.86. The molecule has 36 heavy (non-hydrogen) atoms. The second kappa shape index (κ2) is 11.4. The van der Waals surface area contributed by atoms with Gasteiger partial charge in [-0.15, -0.1) is 0 Å². The molecule has 9 nitrogen and oxygen atoms in total. The quantitative estimate of drug-likeness (QED) is 0.393. The van der Waals surface area contributed by atoms with Crippen LogP contribution in [0.2, 0.25) is 0 Å². The summed E-state index contributed by atoms with van der Waals surface area (Å²) in [6, 6.07) is 8.63. The first-order valence-corrected chi connectivity index (χ1v) is 11.5. The van der Waals surface area contributed by atoms with Crippen molar-refractivity contribution < 1.29 is 28.3 Å². The van der Waals surface area contributed by atoms with Crippen LogP contribution in [0.15, 0.2) is 47.3 Å². The number of pyridine rings is 1. The van der Waals surface area contributed by atoms with Crippen molar-refractivity contribution in [2.45, 2.75) is 58.7 Å². The third-order valence-corrected chi connectivity index (χ3v) is 5.55. The number of nitrogens with one attached hydrogen (secondary N) is 3. The molecule has 2 atom stereocenters. The van der Waals surface area contributed by atoms with Gasteiger partial charge in [-0.25, -0.2) is 0 Å². The molecule has 0 aliphatic carbocycles. The lowest BCUT2D eigenvalue weighted by molar-refractivity contribution is -0.243. The lowest BCUT2D eigenvalue weighted by Gasteiger charge is -2.44. The van der Waals surface area contributed by atoms with Crippen LogP contribution < -0.4 is 21.5 Å². The van der Waals surface area contributed by atoms with Gasteiger partial charge in [-0.1, -0.05) is 51.1 Å². The maximum atomic E-state index is 16.1. The first kappa shape index (κ1) is 28.6. The number of carbonyl (C=O) groups is 3. The Morgan fingerprint density at radius 1 is 1.03 bits per heavy atom. The molecule has 0 radical (unpaired) electrons. The Morgan fingerprint density at radius 2 is 1.64 bits per heavy atom. The molecule has 0 fully saturated rings. The van der Waals surface area contributed by atoms with Gasteiger partial charge in [-0.05, 0) is 30.0 Å². The summed E-state index contributed by atoms with van der Waals surface area (Å²) in [6.07, 6.45) is 0.340. The van der Waals surface area contributed by atoms with Crippen molar-refractivity contribution in [3.63, 3.8) is 0 Å². The van der Waals surface area contributed by atoms with Crippen molar-refractivity contribution in [2.24, 2.45) is 5.92 Å². The van der Waals surface area contributed by atoms with Crippen LogP contribution in [0.1, 0.15) is 41.0 Å². The molecule has 3 amide bonds. The molecule has 2 aromatic rings. The van der Waals surface area contributed by atoms with E-state index in [4.69, 9.17) is 0 Å². The van der Waals surface area contributed by atoms with E-state index in [1.165, 1.54) is 38.1 Å². The standard InChI is InChI=1S/C25H32F2N4O5/c1-6-14-28-23(35)24(26,27)25(36,21(15(2)3)30-17(5)33)31-20(18-10-8-7-9-11-18)13-12-19(22(31)34)29-16(4)32/h7-13,15,21,36H,6,14H2,1-5H3,(H,28,35)(H,29,32)(H,30,33). The van der Waals surface area contributed by atoms with Crippen LogP contribution >= 0.6 is 0 Å². The molecule has 11 heteroatoms. The molecule has 0 spiro atoms. The van der Waals surface area contributed by atoms with Gasteiger partial charge in [0.25, 0.3) is 11.5 Å². The van der Waals surface area contributed by atoms with E-state index >= 15 is 8.78 Å². The zero-order valence-electron chi connectivity index (χ0n) is 20.9. The van der Waals surface area contributed by atoms with E-state index in [1.54, 1.807) is 25.1 Å². The summed E-state index contributed by atoms with van der Waals surface area (Å²) in [5, 5.41) is 18.6. The van der Waals surface area contributed by atoms with Crippen molar-refractivity contribution in [1.29, 1.82) is 0 Å². The third-order valence-electron chi connectivity index (χ3n) is 5.55. The summed E-state index contributed by atoms with van der Waals surface area (Å²) in [4.78, 5) is 50.2. The fourth-order valence-corrected chi connectivity index (χ4v) is 3.94. The van der Waals surface area contributed by atoms with Crippen molar-refractivity contribution in [2.75, 3.05) is 11.9 Å². The van der Waals surface area contributed by atoms with Gasteiger partial charge in [0.2, 0.25) is 17.5 Å². The molecular weight excluding hydrogens is 474 g/mol. The molecule has 2 unspecified atom stereocenters. The topological polar surface area (TPSA) is 130 Å². The van der Waals surface area contributed by atoms with Crippen LogP contribution in [0.4, 0.5) is 14.5 Å². The van der Waals surface area contributed by atoms with E-state index in [0.717, 1.165) is 13.8 Å². The largest absolute Gasteiger partial charge is 0.373 e. The van der Waals surface area contributed by atoms with E-state index in [9.17, 15) is 24.3 Å². The van der Waals surface area contributed by atoms with Crippen molar-refractivity contribution in [3.8, 4) is 11.3 Å². The molecule has 0 bridgehead atoms. The molecule has 2 rings (SSSR count). The molecule has 0 saturated carbocycles. The fourth-order valence-electron chi connectivity index (χ4n) is 3.94. The highest BCUT2D eigenvalue weighted by atomic mass is 19.3. The van der Waals surface area contributed by atoms with Crippen LogP contribution in [-0.4, -0.2) is 45.9 Å². The Bertz CT molecular complexity index is 1170. The number of benzene rings is 1. The monoisotopic (exact) mass is 506 g/mol. The van der Waals surface area contributed by atoms with Crippen LogP contribution in [-0.2, 0) is 20.1 Å². The average Bonchev–Trinajstić information content (AvgIpc) is 2.81. The van der Waals surface area contributed by atoms with Crippen LogP contribution in [0.25, 0.3) is 11.3 Å². The molecular formula is C25H32F2N4O5. The first-order chi connectivity index (χ1) is 16.8. The number of aromatic nitrogens is 1. The molecule has 1 aromatic heterocycles. The van der Waals surface area contributed by atoms with Gasteiger partial charge in [0, 0.05) is 20.4 Å². The Morgan fingerprint density at radius 3 is 2.14 bits per heavy atom. The number of aliphatic hydroxyl groups is 1. The number of hydrogen-bond acceptors (Lipinski definition) is 5. The summed E-state index contributed by atoms with van der Waals surface area (Å²) >= 11 is 0. The highest BCUT2D eigenvalue weighted by Crippen LogP contribution is 2.41. The van der Waals surface area contributed by atoms with Crippen LogP contribution in [0.3, 0.4) is 0 Å². The Labute approximate surface area is 207 Å². The van der Waals surface area contributed by atoms with Gasteiger partial charge >= 0.3 is 5.92 Å². The minimum Gasteiger partial charge on any atom is -0.363 e. The average molecular weight is 507 g/mol. The predicted octanol–water partition coefficient (Wildman–Crippen LogP) is 2.44. The maximum Gasteiger partial charge on any atom is 0.373 e. The van der Waals surface area contributed by atoms with Gasteiger partial charge < -0.3 is 21.1 Å². The number of carbonyl (C=O) groups excluding carboxylic acids is 3. The normalized spacial score (nSPS) is 14.0. The van der Waals surface area contributed by atoms with Crippen LogP contribution in [0, 0.1) is 5.92 Å². The van der Waals surface area contributed by atoms with E-state index < -0.39 is 52.6 Å². The molecule has 4 N–H and O–H groups in total. The van der Waals surface area contributed by atoms with Crippen molar-refractivity contribution >= 4 is 23.4 Å². The number of halogens is 2. The zero-order chi connectivity index (χ0) is 27.3. The smallest absolute Gasteiger partial charge is 0.363 e. The van der Waals surface area contributed by atoms with E-state index in [2.05, 4.69) is 16.0 Å². The van der Waals surface area contributed by atoms with Gasteiger partial charge in [0.05, 0.1) is 11.7 Å². The fraction of sp³-hybridized carbons (Fsp3) is 0.440. The number of alkyl halides is 2. The van der Waals surface area contributed by atoms with Gasteiger partial charge in [0.15, 0.2) is 0 Å². The highest BCUT2D eigenvalue weighted by molar-refractivity contribution is 5.89. The minimum atomic E-state index is -4.61. The highest BCUT2D eigenvalue weighted by Gasteiger charge is 2.65. The van der Waals surface area contributed by atoms with Gasteiger partial charge in [0.1, 0.15) is 5.69 Å². The first-order valence-electron chi connectivity index (χ1n) is 11.5. The summed E-state index contributed by atoms with van der Waals surface area (Å²) < 4.78 is 32.7. The zero-order valence-corrected chi connectivity index (χ0v) is 20.9. The Hall–Kier alpha value is -3.60. The minimum absolute atomic E-state index is 0.108. The van der Waals surface area contributed by atoms with Crippen molar-refractivity contribution in [3.05, 3.63) is 52.8 Å². The predicted molar refractivity (Wildman–Crippen MR) is 131 cm³/mol. The van der Waals surface area contributed by atoms with E-state index in [0.29, 0.717) is 11.0 Å². The second-order valence-electron chi connectivity index (χ2n) is 8.80. The van der Waals surface area contributed by atoms with E-state index in [-0.39, 0.29) is 17.8 Å². The number of nitrogens with zero attached hydrogens (tertiary/aromatic N) is 1. The molecule has 1 heterocycles. The van der Waals surface area contributed by atoms with Gasteiger partial charge in [-0.2, -0.15) is 8.78 Å². The van der Waals surface area contributed by atoms with Crippen LogP contribution in [0.5, 0.6) is 0 Å². The molecule has 196 valence electrons. The summed E-state index contributed by atoms with van der Waals surface area (Å²) in [5.41, 5.74) is -5.04. The second-order valence-corrected chi connectivity index (χ2v) is 8.80. The third kappa shape index (κ3) is 5.62. The number of rotatable bonds is 10. The lowest BCUT2D eigenvalue weighted by Crippen LogP contribution is -2.70. The molecule has 0 saturated heterocycles. The van der Waals surface area contributed by atoms with Crippen molar-refractivity contribution in [1.82, 2.24) is 15.2 Å².